The topological polar surface area (TPSA) is 77.0 Å². The van der Waals surface area contributed by atoms with Gasteiger partial charge in [0.15, 0.2) is 0 Å². The first-order valence-electron chi connectivity index (χ1n) is 7.05. The average molecular weight is 310 g/mol. The molecule has 3 rings (SSSR count). The summed E-state index contributed by atoms with van der Waals surface area (Å²) in [5, 5.41) is 17.6. The zero-order valence-corrected chi connectivity index (χ0v) is 12.2. The van der Waals surface area contributed by atoms with Crippen LogP contribution in [-0.2, 0) is 6.54 Å². The minimum absolute atomic E-state index is 0.177. The van der Waals surface area contributed by atoms with Gasteiger partial charge in [0.25, 0.3) is 0 Å². The smallest absolute Gasteiger partial charge is 0.123 e. The Balaban J connectivity index is 1.98. The summed E-state index contributed by atoms with van der Waals surface area (Å²) in [4.78, 5) is 0. The molecule has 0 aliphatic rings. The summed E-state index contributed by atoms with van der Waals surface area (Å²) in [6.07, 6.45) is 3.68. The summed E-state index contributed by atoms with van der Waals surface area (Å²) in [6.45, 7) is 0.251. The van der Waals surface area contributed by atoms with Crippen molar-refractivity contribution in [3.05, 3.63) is 71.3 Å². The number of rotatable bonds is 4. The Bertz CT molecular complexity index is 823. The van der Waals surface area contributed by atoms with Gasteiger partial charge in [-0.15, -0.1) is 5.10 Å². The molecule has 0 amide bonds. The van der Waals surface area contributed by atoms with Gasteiger partial charge in [-0.1, -0.05) is 23.4 Å². The molecule has 6 heteroatoms. The fraction of sp³-hybridized carbons (Fsp3) is 0.0588. The predicted octanol–water partition coefficient (Wildman–Crippen LogP) is 2.74. The third-order valence-corrected chi connectivity index (χ3v) is 3.37. The number of hydrogen-bond acceptors (Lipinski definition) is 4. The predicted molar refractivity (Wildman–Crippen MR) is 86.2 cm³/mol. The highest BCUT2D eigenvalue weighted by molar-refractivity contribution is 5.69. The molecule has 0 saturated carbocycles. The van der Waals surface area contributed by atoms with Gasteiger partial charge in [0.1, 0.15) is 17.3 Å². The second-order valence-corrected chi connectivity index (χ2v) is 4.94. The molecule has 1 aromatic heterocycles. The largest absolute Gasteiger partial charge is 0.508 e. The number of nitrogens with two attached hydrogens (primary N) is 1. The lowest BCUT2D eigenvalue weighted by atomic mass is 10.2. The number of hydrogen-bond donors (Lipinski definition) is 2. The molecule has 0 atom stereocenters. The van der Waals surface area contributed by atoms with Gasteiger partial charge in [0.05, 0.1) is 11.4 Å². The fourth-order valence-electron chi connectivity index (χ4n) is 2.17. The second-order valence-electron chi connectivity index (χ2n) is 4.94. The van der Waals surface area contributed by atoms with Gasteiger partial charge in [0, 0.05) is 6.54 Å². The van der Waals surface area contributed by atoms with E-state index in [-0.39, 0.29) is 18.1 Å². The van der Waals surface area contributed by atoms with Crippen LogP contribution in [0.2, 0.25) is 0 Å². The van der Waals surface area contributed by atoms with E-state index in [1.807, 2.05) is 12.2 Å². The van der Waals surface area contributed by atoms with Crippen molar-refractivity contribution in [3.8, 4) is 11.4 Å². The van der Waals surface area contributed by atoms with E-state index in [2.05, 4.69) is 10.3 Å². The number of aromatic hydroxyl groups is 1. The quantitative estimate of drug-likeness (QED) is 0.777. The Kier molecular flexibility index (Phi) is 4.16. The zero-order chi connectivity index (χ0) is 16.2. The first-order valence-corrected chi connectivity index (χ1v) is 7.05. The Morgan fingerprint density at radius 3 is 2.39 bits per heavy atom. The van der Waals surface area contributed by atoms with Crippen LogP contribution in [0, 0.1) is 5.82 Å². The van der Waals surface area contributed by atoms with Gasteiger partial charge >= 0.3 is 0 Å². The highest BCUT2D eigenvalue weighted by Crippen LogP contribution is 2.18. The molecule has 116 valence electrons. The molecule has 0 spiro atoms. The highest BCUT2D eigenvalue weighted by atomic mass is 19.1. The molecule has 0 unspecified atom stereocenters. The summed E-state index contributed by atoms with van der Waals surface area (Å²) in [6, 6.07) is 12.8. The monoisotopic (exact) mass is 310 g/mol. The normalized spacial score (nSPS) is 11.2. The van der Waals surface area contributed by atoms with Crippen molar-refractivity contribution >= 4 is 12.2 Å². The molecule has 3 aromatic rings. The third-order valence-electron chi connectivity index (χ3n) is 3.37. The molecule has 0 fully saturated rings. The van der Waals surface area contributed by atoms with E-state index in [4.69, 9.17) is 5.73 Å². The van der Waals surface area contributed by atoms with Crippen LogP contribution < -0.4 is 5.73 Å². The Morgan fingerprint density at radius 1 is 1.04 bits per heavy atom. The van der Waals surface area contributed by atoms with Crippen molar-refractivity contribution in [2.45, 2.75) is 6.54 Å². The summed E-state index contributed by atoms with van der Waals surface area (Å²) in [5.74, 6) is -0.100. The third kappa shape index (κ3) is 3.27. The number of halogens is 1. The lowest BCUT2D eigenvalue weighted by Gasteiger charge is -2.04. The van der Waals surface area contributed by atoms with Crippen molar-refractivity contribution < 1.29 is 9.50 Å². The van der Waals surface area contributed by atoms with E-state index >= 15 is 0 Å². The first kappa shape index (κ1) is 14.9. The minimum atomic E-state index is -0.277. The summed E-state index contributed by atoms with van der Waals surface area (Å²) < 4.78 is 14.6. The maximum absolute atomic E-state index is 13.0. The van der Waals surface area contributed by atoms with Gasteiger partial charge < -0.3 is 10.8 Å². The molecule has 0 saturated heterocycles. The number of benzene rings is 2. The lowest BCUT2D eigenvalue weighted by molar-refractivity contribution is 0.475. The van der Waals surface area contributed by atoms with Gasteiger partial charge in [-0.05, 0) is 48.0 Å². The van der Waals surface area contributed by atoms with Crippen LogP contribution in [0.3, 0.4) is 0 Å². The molecular formula is C17H15FN4O. The van der Waals surface area contributed by atoms with Gasteiger partial charge in [-0.2, -0.15) is 0 Å². The van der Waals surface area contributed by atoms with E-state index in [1.165, 1.54) is 12.1 Å². The van der Waals surface area contributed by atoms with Gasteiger partial charge in [0.2, 0.25) is 0 Å². The van der Waals surface area contributed by atoms with Crippen molar-refractivity contribution in [3.63, 3.8) is 0 Å². The Hall–Kier alpha value is -2.99. The summed E-state index contributed by atoms with van der Waals surface area (Å²) in [5.41, 5.74) is 8.72. The van der Waals surface area contributed by atoms with E-state index in [1.54, 1.807) is 41.1 Å². The van der Waals surface area contributed by atoms with Crippen molar-refractivity contribution in [2.24, 2.45) is 5.73 Å². The van der Waals surface area contributed by atoms with Crippen LogP contribution in [0.15, 0.2) is 48.5 Å². The van der Waals surface area contributed by atoms with Gasteiger partial charge in [-0.25, -0.2) is 9.07 Å². The average Bonchev–Trinajstić information content (AvgIpc) is 2.98. The molecule has 0 bridgehead atoms. The number of nitrogens with zero attached hydrogens (tertiary/aromatic N) is 3. The van der Waals surface area contributed by atoms with Crippen LogP contribution in [0.1, 0.15) is 17.0 Å². The SMILES string of the molecule is NCc1nnn(-c2ccc(O)cc2)c1/C=C/c1ccc(F)cc1. The molecule has 23 heavy (non-hydrogen) atoms. The number of phenolic OH excluding ortho intramolecular Hbond substituents is 1. The van der Waals surface area contributed by atoms with Gasteiger partial charge in [-0.3, -0.25) is 0 Å². The standard InChI is InChI=1S/C17H15FN4O/c18-13-4-1-12(2-5-13)3-10-17-16(11-19)20-21-22(17)14-6-8-15(23)9-7-14/h1-10,23H,11,19H2/b10-3+. The van der Waals surface area contributed by atoms with Crippen LogP contribution in [-0.4, -0.2) is 20.1 Å². The Morgan fingerprint density at radius 2 is 1.74 bits per heavy atom. The Labute approximate surface area is 132 Å². The molecule has 3 N–H and O–H groups in total. The number of phenols is 1. The molecule has 0 aliphatic carbocycles. The summed E-state index contributed by atoms with van der Waals surface area (Å²) >= 11 is 0. The molecule has 5 nitrogen and oxygen atoms in total. The first-order chi connectivity index (χ1) is 11.2. The second kappa shape index (κ2) is 6.41. The molecule has 0 radical (unpaired) electrons. The van der Waals surface area contributed by atoms with Crippen LogP contribution >= 0.6 is 0 Å². The van der Waals surface area contributed by atoms with E-state index < -0.39 is 0 Å². The van der Waals surface area contributed by atoms with Crippen LogP contribution in [0.5, 0.6) is 5.75 Å². The van der Waals surface area contributed by atoms with E-state index in [0.717, 1.165) is 16.9 Å². The number of aromatic nitrogens is 3. The highest BCUT2D eigenvalue weighted by Gasteiger charge is 2.10. The van der Waals surface area contributed by atoms with Crippen LogP contribution in [0.4, 0.5) is 4.39 Å². The minimum Gasteiger partial charge on any atom is -0.508 e. The molecular weight excluding hydrogens is 295 g/mol. The molecule has 0 aliphatic heterocycles. The zero-order valence-electron chi connectivity index (χ0n) is 12.2. The molecule has 2 aromatic carbocycles. The maximum Gasteiger partial charge on any atom is 0.123 e. The van der Waals surface area contributed by atoms with Crippen molar-refractivity contribution in [1.82, 2.24) is 15.0 Å². The fourth-order valence-corrected chi connectivity index (χ4v) is 2.17. The van der Waals surface area contributed by atoms with Crippen LogP contribution in [0.25, 0.3) is 17.8 Å². The van der Waals surface area contributed by atoms with Crippen molar-refractivity contribution in [1.29, 1.82) is 0 Å². The summed E-state index contributed by atoms with van der Waals surface area (Å²) in [7, 11) is 0. The van der Waals surface area contributed by atoms with Crippen molar-refractivity contribution in [2.75, 3.05) is 0 Å². The lowest BCUT2D eigenvalue weighted by Crippen LogP contribution is -2.02. The van der Waals surface area contributed by atoms with E-state index in [9.17, 15) is 9.50 Å². The van der Waals surface area contributed by atoms with E-state index in [0.29, 0.717) is 5.69 Å². The molecule has 1 heterocycles. The maximum atomic E-state index is 13.0.